The van der Waals surface area contributed by atoms with E-state index >= 15 is 0 Å². The predicted molar refractivity (Wildman–Crippen MR) is 157 cm³/mol. The van der Waals surface area contributed by atoms with Crippen molar-refractivity contribution in [3.8, 4) is 0 Å². The van der Waals surface area contributed by atoms with E-state index in [4.69, 9.17) is 15.9 Å². The number of hydrogen-bond donors (Lipinski definition) is 4. The standard InChI is InChI=1S/C27H31N11O5/c1-34(12-10-21(28)29)26(41)38-14-11-23(33-38)35(2)27(42)37-13-9-19(16-37)30-24(39)20-15-22(32-36(20)3)31-25(40)43-17-18-7-5-4-6-8-18/h4-9,11,13-16H,10,12,17H2,1-3H3,(H3,28,29)(H,30,39)(H,31,32,40). The average Bonchev–Trinajstić information content (AvgIpc) is 3.74. The summed E-state index contributed by atoms with van der Waals surface area (Å²) in [6, 6.07) is 12.7. The first-order valence-electron chi connectivity index (χ1n) is 12.9. The molecule has 0 unspecified atom stereocenters. The van der Waals surface area contributed by atoms with Crippen molar-refractivity contribution in [1.82, 2.24) is 29.0 Å². The van der Waals surface area contributed by atoms with Gasteiger partial charge >= 0.3 is 18.2 Å². The molecule has 4 amide bonds. The molecule has 0 aliphatic heterocycles. The number of amides is 4. The minimum atomic E-state index is -0.720. The number of carbonyl (C=O) groups is 4. The fraction of sp³-hybridized carbons (Fsp3) is 0.222. The lowest BCUT2D eigenvalue weighted by Gasteiger charge is -2.17. The van der Waals surface area contributed by atoms with Crippen LogP contribution in [0, 0.1) is 5.41 Å². The molecule has 43 heavy (non-hydrogen) atoms. The fourth-order valence-corrected chi connectivity index (χ4v) is 3.82. The molecule has 3 aromatic heterocycles. The van der Waals surface area contributed by atoms with Crippen LogP contribution in [0.3, 0.4) is 0 Å². The molecule has 3 heterocycles. The Morgan fingerprint density at radius 2 is 1.74 bits per heavy atom. The minimum Gasteiger partial charge on any atom is -0.444 e. The van der Waals surface area contributed by atoms with E-state index in [0.717, 1.165) is 10.2 Å². The molecular weight excluding hydrogens is 558 g/mol. The summed E-state index contributed by atoms with van der Waals surface area (Å²) in [6.45, 7) is 0.325. The quantitative estimate of drug-likeness (QED) is 0.169. The zero-order valence-corrected chi connectivity index (χ0v) is 23.7. The maximum absolute atomic E-state index is 13.0. The molecule has 5 N–H and O–H groups in total. The Balaban J connectivity index is 1.33. The van der Waals surface area contributed by atoms with Gasteiger partial charge in [-0.1, -0.05) is 30.3 Å². The van der Waals surface area contributed by atoms with Crippen LogP contribution in [-0.4, -0.2) is 79.6 Å². The highest BCUT2D eigenvalue weighted by Gasteiger charge is 2.20. The summed E-state index contributed by atoms with van der Waals surface area (Å²) in [5.41, 5.74) is 6.66. The molecular formula is C27H31N11O5. The molecule has 224 valence electrons. The van der Waals surface area contributed by atoms with Gasteiger partial charge in [-0.15, -0.1) is 5.10 Å². The number of carbonyl (C=O) groups excluding carboxylic acids is 4. The maximum Gasteiger partial charge on any atom is 0.413 e. The zero-order valence-electron chi connectivity index (χ0n) is 23.7. The second-order valence-corrected chi connectivity index (χ2v) is 9.43. The number of nitrogens with two attached hydrogens (primary N) is 1. The van der Waals surface area contributed by atoms with Gasteiger partial charge in [0.25, 0.3) is 5.91 Å². The van der Waals surface area contributed by atoms with Gasteiger partial charge in [0.2, 0.25) is 0 Å². The highest BCUT2D eigenvalue weighted by atomic mass is 16.5. The molecule has 0 saturated heterocycles. The van der Waals surface area contributed by atoms with Crippen molar-refractivity contribution in [2.75, 3.05) is 36.2 Å². The van der Waals surface area contributed by atoms with Crippen molar-refractivity contribution in [2.24, 2.45) is 12.8 Å². The fourth-order valence-electron chi connectivity index (χ4n) is 3.82. The SMILES string of the molecule is CN(CCC(=N)N)C(=O)n1ccc(N(C)C(=O)n2ccc(NC(=O)c3cc(NC(=O)OCc4ccccc4)nn3C)c2)n1. The number of aromatic nitrogens is 5. The molecule has 16 heteroatoms. The van der Waals surface area contributed by atoms with E-state index < -0.39 is 24.1 Å². The molecule has 0 bridgehead atoms. The van der Waals surface area contributed by atoms with Gasteiger partial charge in [0.15, 0.2) is 11.6 Å². The van der Waals surface area contributed by atoms with Gasteiger partial charge in [0.05, 0.1) is 11.5 Å². The topological polar surface area (TPSA) is 198 Å². The lowest BCUT2D eigenvalue weighted by Crippen LogP contribution is -2.34. The van der Waals surface area contributed by atoms with Gasteiger partial charge in [-0.3, -0.25) is 29.7 Å². The zero-order chi connectivity index (χ0) is 31.1. The Hall–Kier alpha value is -5.93. The predicted octanol–water partition coefficient (Wildman–Crippen LogP) is 2.75. The summed E-state index contributed by atoms with van der Waals surface area (Å²) in [4.78, 5) is 53.2. The van der Waals surface area contributed by atoms with Gasteiger partial charge in [0, 0.05) is 64.8 Å². The normalized spacial score (nSPS) is 10.6. The highest BCUT2D eigenvalue weighted by molar-refractivity contribution is 6.04. The van der Waals surface area contributed by atoms with E-state index in [0.29, 0.717) is 5.69 Å². The van der Waals surface area contributed by atoms with E-state index in [9.17, 15) is 19.2 Å². The Labute approximate surface area is 246 Å². The van der Waals surface area contributed by atoms with Crippen molar-refractivity contribution < 1.29 is 23.9 Å². The smallest absolute Gasteiger partial charge is 0.413 e. The van der Waals surface area contributed by atoms with Crippen LogP contribution in [0.1, 0.15) is 22.5 Å². The summed E-state index contributed by atoms with van der Waals surface area (Å²) in [6.07, 6.45) is 3.81. The Morgan fingerprint density at radius 1 is 1.00 bits per heavy atom. The van der Waals surface area contributed by atoms with Gasteiger partial charge in [-0.05, 0) is 11.6 Å². The molecule has 0 spiro atoms. The molecule has 4 aromatic rings. The summed E-state index contributed by atoms with van der Waals surface area (Å²) in [5.74, 6) is -0.212. The molecule has 0 atom stereocenters. The number of nitrogens with zero attached hydrogens (tertiary/aromatic N) is 7. The van der Waals surface area contributed by atoms with Crippen molar-refractivity contribution in [2.45, 2.75) is 13.0 Å². The molecule has 0 radical (unpaired) electrons. The summed E-state index contributed by atoms with van der Waals surface area (Å²) < 4.78 is 8.81. The number of anilines is 3. The van der Waals surface area contributed by atoms with Crippen molar-refractivity contribution in [1.29, 1.82) is 5.41 Å². The first-order valence-corrected chi connectivity index (χ1v) is 12.9. The van der Waals surface area contributed by atoms with Crippen LogP contribution in [0.4, 0.5) is 31.7 Å². The van der Waals surface area contributed by atoms with Crippen molar-refractivity contribution in [3.63, 3.8) is 0 Å². The van der Waals surface area contributed by atoms with E-state index in [1.54, 1.807) is 14.1 Å². The number of amidine groups is 1. The van der Waals surface area contributed by atoms with Gasteiger partial charge in [-0.2, -0.15) is 9.78 Å². The second-order valence-electron chi connectivity index (χ2n) is 9.43. The maximum atomic E-state index is 13.0. The second kappa shape index (κ2) is 13.2. The molecule has 0 aliphatic rings. The van der Waals surface area contributed by atoms with Crippen LogP contribution in [0.5, 0.6) is 0 Å². The third kappa shape index (κ3) is 7.63. The number of ether oxygens (including phenoxy) is 1. The van der Waals surface area contributed by atoms with E-state index in [-0.39, 0.29) is 42.7 Å². The van der Waals surface area contributed by atoms with Crippen LogP contribution in [-0.2, 0) is 18.4 Å². The summed E-state index contributed by atoms with van der Waals surface area (Å²) in [7, 11) is 4.59. The number of aryl methyl sites for hydroxylation is 1. The summed E-state index contributed by atoms with van der Waals surface area (Å²) in [5, 5.41) is 20.8. The molecule has 0 aliphatic carbocycles. The lowest BCUT2D eigenvalue weighted by molar-refractivity contribution is 0.101. The van der Waals surface area contributed by atoms with Crippen molar-refractivity contribution >= 4 is 47.2 Å². The van der Waals surface area contributed by atoms with Crippen LogP contribution in [0.15, 0.2) is 67.1 Å². The largest absolute Gasteiger partial charge is 0.444 e. The number of nitrogens with one attached hydrogen (secondary N) is 3. The van der Waals surface area contributed by atoms with E-state index in [1.807, 2.05) is 30.3 Å². The Bertz CT molecular complexity index is 1640. The molecule has 4 rings (SSSR count). The molecule has 1 aromatic carbocycles. The lowest BCUT2D eigenvalue weighted by atomic mass is 10.2. The average molecular weight is 590 g/mol. The van der Waals surface area contributed by atoms with E-state index in [1.165, 1.54) is 62.9 Å². The van der Waals surface area contributed by atoms with E-state index in [2.05, 4.69) is 20.8 Å². The first-order chi connectivity index (χ1) is 20.5. The minimum absolute atomic E-state index is 0.0350. The van der Waals surface area contributed by atoms with Crippen LogP contribution in [0.2, 0.25) is 0 Å². The molecule has 0 fully saturated rings. The van der Waals surface area contributed by atoms with Crippen LogP contribution >= 0.6 is 0 Å². The van der Waals surface area contributed by atoms with Crippen LogP contribution < -0.4 is 21.3 Å². The highest BCUT2D eigenvalue weighted by Crippen LogP contribution is 2.16. The number of rotatable bonds is 9. The van der Waals surface area contributed by atoms with Crippen LogP contribution in [0.25, 0.3) is 0 Å². The monoisotopic (exact) mass is 589 g/mol. The van der Waals surface area contributed by atoms with Gasteiger partial charge in [0.1, 0.15) is 12.3 Å². The Morgan fingerprint density at radius 3 is 2.47 bits per heavy atom. The number of hydrogen-bond acceptors (Lipinski definition) is 8. The van der Waals surface area contributed by atoms with Crippen molar-refractivity contribution in [3.05, 3.63) is 78.4 Å². The third-order valence-electron chi connectivity index (χ3n) is 6.17. The Kier molecular flexibility index (Phi) is 9.19. The van der Waals surface area contributed by atoms with Gasteiger partial charge < -0.3 is 20.7 Å². The summed E-state index contributed by atoms with van der Waals surface area (Å²) >= 11 is 0. The number of benzene rings is 1. The third-order valence-corrected chi connectivity index (χ3v) is 6.17. The molecule has 0 saturated carbocycles. The first kappa shape index (κ1) is 30.0. The molecule has 16 nitrogen and oxygen atoms in total. The van der Waals surface area contributed by atoms with Gasteiger partial charge in [-0.25, -0.2) is 14.4 Å².